The number of benzene rings is 1. The Hall–Kier alpha value is -2.18. The highest BCUT2D eigenvalue weighted by molar-refractivity contribution is 6.30. The number of Topliss-reactive ketones (excluding diaryl/α,β-unsaturated/α-hetero) is 1. The smallest absolute Gasteiger partial charge is 0.205 e. The van der Waals surface area contributed by atoms with Crippen LogP contribution in [0.4, 0.5) is 0 Å². The highest BCUT2D eigenvalue weighted by Gasteiger charge is 2.24. The number of rotatable bonds is 7. The lowest BCUT2D eigenvalue weighted by Gasteiger charge is -2.17. The van der Waals surface area contributed by atoms with E-state index >= 15 is 0 Å². The van der Waals surface area contributed by atoms with Gasteiger partial charge in [0.05, 0.1) is 12.8 Å². The number of hydroxylamine groups is 1. The number of carbonyl (C=O) groups is 1. The lowest BCUT2D eigenvalue weighted by molar-refractivity contribution is -0.120. The van der Waals surface area contributed by atoms with E-state index in [2.05, 4.69) is 22.1 Å². The molecule has 0 aliphatic carbocycles. The van der Waals surface area contributed by atoms with Gasteiger partial charge >= 0.3 is 0 Å². The lowest BCUT2D eigenvalue weighted by Crippen LogP contribution is -2.29. The molecule has 7 heteroatoms. The van der Waals surface area contributed by atoms with Crippen molar-refractivity contribution in [2.24, 2.45) is 0 Å². The first kappa shape index (κ1) is 15.2. The fraction of sp³-hybridized carbons (Fsp3) is 0.214. The van der Waals surface area contributed by atoms with Crippen LogP contribution in [0.15, 0.2) is 49.2 Å². The van der Waals surface area contributed by atoms with E-state index in [4.69, 9.17) is 16.4 Å². The Morgan fingerprint density at radius 3 is 2.76 bits per heavy atom. The summed E-state index contributed by atoms with van der Waals surface area (Å²) in [5.41, 5.74) is 3.57. The largest absolute Gasteiger partial charge is 0.290 e. The summed E-state index contributed by atoms with van der Waals surface area (Å²) < 4.78 is 1.50. The number of ketones is 1. The van der Waals surface area contributed by atoms with Gasteiger partial charge in [0, 0.05) is 11.4 Å². The number of allylic oxidation sites excluding steroid dienone is 1. The minimum atomic E-state index is -0.552. The summed E-state index contributed by atoms with van der Waals surface area (Å²) in [6.45, 7) is 3.66. The van der Waals surface area contributed by atoms with E-state index in [1.807, 2.05) is 12.1 Å². The third-order valence-corrected chi connectivity index (χ3v) is 3.18. The molecule has 110 valence electrons. The quantitative estimate of drug-likeness (QED) is 0.625. The SMILES string of the molecule is C=C(NOC)C(=O)C(Cc1ccc(Cl)cc1)n1cncn1. The van der Waals surface area contributed by atoms with Crippen LogP contribution in [-0.2, 0) is 16.1 Å². The van der Waals surface area contributed by atoms with Crippen LogP contribution in [0.25, 0.3) is 0 Å². The molecule has 0 spiro atoms. The summed E-state index contributed by atoms with van der Waals surface area (Å²) in [5, 5.41) is 4.69. The summed E-state index contributed by atoms with van der Waals surface area (Å²) in [6.07, 6.45) is 3.33. The number of aromatic nitrogens is 3. The average Bonchev–Trinajstić information content (AvgIpc) is 3.00. The first-order valence-corrected chi connectivity index (χ1v) is 6.60. The molecule has 0 saturated carbocycles. The monoisotopic (exact) mass is 306 g/mol. The summed E-state index contributed by atoms with van der Waals surface area (Å²) in [5.74, 6) is -0.225. The summed E-state index contributed by atoms with van der Waals surface area (Å²) in [7, 11) is 1.42. The zero-order chi connectivity index (χ0) is 15.2. The Labute approximate surface area is 127 Å². The summed E-state index contributed by atoms with van der Waals surface area (Å²) >= 11 is 5.87. The molecule has 1 aromatic carbocycles. The van der Waals surface area contributed by atoms with Gasteiger partial charge in [-0.1, -0.05) is 30.3 Å². The summed E-state index contributed by atoms with van der Waals surface area (Å²) in [6, 6.07) is 6.74. The van der Waals surface area contributed by atoms with Crippen molar-refractivity contribution in [2.75, 3.05) is 7.11 Å². The van der Waals surface area contributed by atoms with Crippen LogP contribution in [0, 0.1) is 0 Å². The van der Waals surface area contributed by atoms with Gasteiger partial charge in [0.1, 0.15) is 18.7 Å². The maximum Gasteiger partial charge on any atom is 0.205 e. The van der Waals surface area contributed by atoms with Crippen molar-refractivity contribution < 1.29 is 9.63 Å². The predicted molar refractivity (Wildman–Crippen MR) is 78.5 cm³/mol. The summed E-state index contributed by atoms with van der Waals surface area (Å²) in [4.78, 5) is 21.1. The molecule has 0 amide bonds. The molecule has 0 fully saturated rings. The van der Waals surface area contributed by atoms with Gasteiger partial charge in [-0.15, -0.1) is 0 Å². The Morgan fingerprint density at radius 2 is 2.19 bits per heavy atom. The Kier molecular flexibility index (Phi) is 5.08. The topological polar surface area (TPSA) is 69.0 Å². The molecular formula is C14H15ClN4O2. The van der Waals surface area contributed by atoms with Crippen molar-refractivity contribution in [1.82, 2.24) is 20.2 Å². The fourth-order valence-corrected chi connectivity index (χ4v) is 2.03. The number of hydrogen-bond donors (Lipinski definition) is 1. The standard InChI is InChI=1S/C14H15ClN4O2/c1-10(18-21-2)14(20)13(19-9-16-8-17-19)7-11-3-5-12(15)6-4-11/h3-6,8-9,13,18H,1,7H2,2H3. The zero-order valence-electron chi connectivity index (χ0n) is 11.5. The van der Waals surface area contributed by atoms with Crippen molar-refractivity contribution >= 4 is 17.4 Å². The molecule has 0 bridgehead atoms. The molecule has 2 aromatic rings. The van der Waals surface area contributed by atoms with Crippen LogP contribution in [0.3, 0.4) is 0 Å². The van der Waals surface area contributed by atoms with Gasteiger partial charge in [0.15, 0.2) is 0 Å². The molecule has 0 saturated heterocycles. The molecule has 21 heavy (non-hydrogen) atoms. The van der Waals surface area contributed by atoms with E-state index in [1.165, 1.54) is 24.4 Å². The van der Waals surface area contributed by atoms with E-state index in [0.29, 0.717) is 11.4 Å². The third kappa shape index (κ3) is 3.90. The first-order chi connectivity index (χ1) is 10.1. The predicted octanol–water partition coefficient (Wildman–Crippen LogP) is 1.95. The molecular weight excluding hydrogens is 292 g/mol. The minimum absolute atomic E-state index is 0.159. The van der Waals surface area contributed by atoms with Crippen molar-refractivity contribution in [3.05, 3.63) is 59.8 Å². The van der Waals surface area contributed by atoms with Crippen LogP contribution in [-0.4, -0.2) is 27.7 Å². The first-order valence-electron chi connectivity index (χ1n) is 6.22. The second-order valence-corrected chi connectivity index (χ2v) is 4.81. The average molecular weight is 307 g/mol. The van der Waals surface area contributed by atoms with Crippen LogP contribution in [0.2, 0.25) is 5.02 Å². The molecule has 0 aliphatic heterocycles. The highest BCUT2D eigenvalue weighted by Crippen LogP contribution is 2.18. The van der Waals surface area contributed by atoms with Gasteiger partial charge in [-0.05, 0) is 17.7 Å². The van der Waals surface area contributed by atoms with Crippen LogP contribution < -0.4 is 5.48 Å². The molecule has 1 atom stereocenters. The molecule has 1 unspecified atom stereocenters. The van der Waals surface area contributed by atoms with Crippen molar-refractivity contribution in [3.63, 3.8) is 0 Å². The van der Waals surface area contributed by atoms with Gasteiger partial charge in [-0.3, -0.25) is 15.1 Å². The fourth-order valence-electron chi connectivity index (χ4n) is 1.90. The molecule has 6 nitrogen and oxygen atoms in total. The second-order valence-electron chi connectivity index (χ2n) is 4.37. The lowest BCUT2D eigenvalue weighted by atomic mass is 10.0. The van der Waals surface area contributed by atoms with Crippen LogP contribution >= 0.6 is 11.6 Å². The van der Waals surface area contributed by atoms with Gasteiger partial charge in [0.2, 0.25) is 5.78 Å². The van der Waals surface area contributed by atoms with E-state index in [1.54, 1.807) is 12.1 Å². The van der Waals surface area contributed by atoms with Crippen LogP contribution in [0.5, 0.6) is 0 Å². The molecule has 1 heterocycles. The van der Waals surface area contributed by atoms with E-state index in [-0.39, 0.29) is 11.5 Å². The number of nitrogens with zero attached hydrogens (tertiary/aromatic N) is 3. The van der Waals surface area contributed by atoms with Crippen LogP contribution in [0.1, 0.15) is 11.6 Å². The highest BCUT2D eigenvalue weighted by atomic mass is 35.5. The second kappa shape index (κ2) is 7.01. The van der Waals surface area contributed by atoms with Gasteiger partial charge < -0.3 is 0 Å². The number of nitrogens with one attached hydrogen (secondary N) is 1. The number of halogens is 1. The molecule has 0 radical (unpaired) electrons. The van der Waals surface area contributed by atoms with Crippen molar-refractivity contribution in [2.45, 2.75) is 12.5 Å². The molecule has 1 aromatic heterocycles. The Morgan fingerprint density at radius 1 is 1.48 bits per heavy atom. The van der Waals surface area contributed by atoms with E-state index in [9.17, 15) is 4.79 Å². The maximum absolute atomic E-state index is 12.4. The van der Waals surface area contributed by atoms with Crippen molar-refractivity contribution in [1.29, 1.82) is 0 Å². The molecule has 1 N–H and O–H groups in total. The third-order valence-electron chi connectivity index (χ3n) is 2.92. The Bertz CT molecular complexity index is 610. The zero-order valence-corrected chi connectivity index (χ0v) is 12.2. The van der Waals surface area contributed by atoms with E-state index in [0.717, 1.165) is 5.56 Å². The number of hydrogen-bond acceptors (Lipinski definition) is 5. The van der Waals surface area contributed by atoms with Crippen molar-refractivity contribution in [3.8, 4) is 0 Å². The van der Waals surface area contributed by atoms with Gasteiger partial charge in [-0.25, -0.2) is 9.67 Å². The maximum atomic E-state index is 12.4. The molecule has 0 aliphatic rings. The van der Waals surface area contributed by atoms with Gasteiger partial charge in [-0.2, -0.15) is 5.10 Å². The Balaban J connectivity index is 2.22. The minimum Gasteiger partial charge on any atom is -0.290 e. The normalized spacial score (nSPS) is 11.9. The van der Waals surface area contributed by atoms with Gasteiger partial charge in [0.25, 0.3) is 0 Å². The number of carbonyl (C=O) groups excluding carboxylic acids is 1. The molecule has 2 rings (SSSR count). The van der Waals surface area contributed by atoms with E-state index < -0.39 is 6.04 Å².